The Bertz CT molecular complexity index is 1140. The van der Waals surface area contributed by atoms with Crippen LogP contribution < -0.4 is 9.47 Å². The highest BCUT2D eigenvalue weighted by molar-refractivity contribution is 5.82. The number of methoxy groups -OCH3 is 1. The molecule has 1 aliphatic heterocycles. The Morgan fingerprint density at radius 2 is 1.69 bits per heavy atom. The van der Waals surface area contributed by atoms with E-state index in [0.717, 1.165) is 53.9 Å². The summed E-state index contributed by atoms with van der Waals surface area (Å²) in [7, 11) is 1.68. The fraction of sp³-hybridized carbons (Fsp3) is 0.387. The number of carbonyl (C=O) groups is 1. The highest BCUT2D eigenvalue weighted by Crippen LogP contribution is 2.38. The first-order valence-corrected chi connectivity index (χ1v) is 13.1. The molecule has 188 valence electrons. The van der Waals surface area contributed by atoms with Crippen LogP contribution in [0, 0.1) is 0 Å². The second-order valence-electron chi connectivity index (χ2n) is 9.66. The number of carbonyl (C=O) groups excluding carboxylic acids is 1. The van der Waals surface area contributed by atoms with Crippen LogP contribution in [-0.2, 0) is 28.9 Å². The second kappa shape index (κ2) is 11.6. The smallest absolute Gasteiger partial charge is 0.256 e. The summed E-state index contributed by atoms with van der Waals surface area (Å²) < 4.78 is 18.3. The number of hydrogen-bond acceptors (Lipinski definition) is 4. The molecule has 1 atom stereocenters. The molecule has 0 bridgehead atoms. The lowest BCUT2D eigenvalue weighted by molar-refractivity contribution is -0.149. The van der Waals surface area contributed by atoms with E-state index < -0.39 is 6.10 Å². The molecule has 0 radical (unpaired) electrons. The Morgan fingerprint density at radius 3 is 2.42 bits per heavy atom. The average Bonchev–Trinajstić information content (AvgIpc) is 3.45. The van der Waals surface area contributed by atoms with Crippen LogP contribution in [0.2, 0.25) is 0 Å². The molecule has 1 saturated carbocycles. The van der Waals surface area contributed by atoms with Gasteiger partial charge in [-0.3, -0.25) is 4.79 Å². The van der Waals surface area contributed by atoms with Crippen molar-refractivity contribution in [3.63, 3.8) is 0 Å². The number of rotatable bonds is 9. The summed E-state index contributed by atoms with van der Waals surface area (Å²) in [6.45, 7) is 1.75. The van der Waals surface area contributed by atoms with E-state index in [0.29, 0.717) is 19.7 Å². The molecule has 5 heteroatoms. The third-order valence-electron chi connectivity index (χ3n) is 7.28. The molecular formula is C31H35NO4. The standard InChI is InChI=1S/C31H35NO4/c1-34-28-17-16-25-22-32(20-18-27(25)30(28)35-21-19-23-10-4-2-5-11-23)31(33)29(24-12-6-3-7-13-24)36-26-14-8-9-15-26/h2-7,10-13,16-17,26,29H,8-9,14-15,18-22H2,1H3. The molecule has 3 aromatic carbocycles. The monoisotopic (exact) mass is 485 g/mol. The van der Waals surface area contributed by atoms with Gasteiger partial charge in [-0.2, -0.15) is 0 Å². The second-order valence-corrected chi connectivity index (χ2v) is 9.66. The number of fused-ring (bicyclic) bond motifs is 1. The molecule has 0 saturated heterocycles. The highest BCUT2D eigenvalue weighted by atomic mass is 16.5. The summed E-state index contributed by atoms with van der Waals surface area (Å²) in [6.07, 6.45) is 5.56. The molecule has 1 unspecified atom stereocenters. The molecule has 0 N–H and O–H groups in total. The van der Waals surface area contributed by atoms with Gasteiger partial charge in [0.1, 0.15) is 0 Å². The summed E-state index contributed by atoms with van der Waals surface area (Å²) in [5.74, 6) is 1.59. The van der Waals surface area contributed by atoms with Crippen LogP contribution in [0.25, 0.3) is 0 Å². The van der Waals surface area contributed by atoms with E-state index in [4.69, 9.17) is 14.2 Å². The quantitative estimate of drug-likeness (QED) is 0.379. The van der Waals surface area contributed by atoms with Gasteiger partial charge in [0.2, 0.25) is 0 Å². The van der Waals surface area contributed by atoms with Crippen molar-refractivity contribution in [1.29, 1.82) is 0 Å². The van der Waals surface area contributed by atoms with Crippen molar-refractivity contribution < 1.29 is 19.0 Å². The molecule has 0 spiro atoms. The Kier molecular flexibility index (Phi) is 7.87. The minimum absolute atomic E-state index is 0.0427. The largest absolute Gasteiger partial charge is 0.493 e. The molecule has 1 aliphatic carbocycles. The lowest BCUT2D eigenvalue weighted by Gasteiger charge is -2.34. The van der Waals surface area contributed by atoms with Crippen molar-refractivity contribution in [1.82, 2.24) is 4.90 Å². The molecule has 1 heterocycles. The van der Waals surface area contributed by atoms with Gasteiger partial charge in [-0.15, -0.1) is 0 Å². The minimum Gasteiger partial charge on any atom is -0.493 e. The Morgan fingerprint density at radius 1 is 0.972 bits per heavy atom. The van der Waals surface area contributed by atoms with Crippen molar-refractivity contribution in [3.8, 4) is 11.5 Å². The van der Waals surface area contributed by atoms with Gasteiger partial charge in [-0.05, 0) is 42.0 Å². The van der Waals surface area contributed by atoms with Gasteiger partial charge < -0.3 is 19.1 Å². The van der Waals surface area contributed by atoms with Gasteiger partial charge >= 0.3 is 0 Å². The number of hydrogen-bond donors (Lipinski definition) is 0. The molecule has 5 nitrogen and oxygen atoms in total. The van der Waals surface area contributed by atoms with Gasteiger partial charge in [0, 0.05) is 25.1 Å². The van der Waals surface area contributed by atoms with Gasteiger partial charge in [-0.25, -0.2) is 0 Å². The van der Waals surface area contributed by atoms with Gasteiger partial charge in [0.25, 0.3) is 5.91 Å². The molecule has 1 amide bonds. The Labute approximate surface area is 214 Å². The SMILES string of the molecule is COc1ccc2c(c1OCCc1ccccc1)CCN(C(=O)C(OC1CCCC1)c1ccccc1)C2. The van der Waals surface area contributed by atoms with E-state index in [1.165, 1.54) is 18.4 Å². The van der Waals surface area contributed by atoms with E-state index in [1.807, 2.05) is 59.5 Å². The van der Waals surface area contributed by atoms with E-state index in [2.05, 4.69) is 18.2 Å². The maximum atomic E-state index is 13.8. The fourth-order valence-corrected chi connectivity index (χ4v) is 5.31. The lowest BCUT2D eigenvalue weighted by atomic mass is 9.97. The first-order chi connectivity index (χ1) is 17.7. The molecule has 36 heavy (non-hydrogen) atoms. The number of ether oxygens (including phenoxy) is 3. The molecule has 3 aromatic rings. The number of amides is 1. The van der Waals surface area contributed by atoms with Crippen molar-refractivity contribution in [3.05, 3.63) is 95.1 Å². The predicted octanol–water partition coefficient (Wildman–Crippen LogP) is 5.90. The predicted molar refractivity (Wildman–Crippen MR) is 140 cm³/mol. The van der Waals surface area contributed by atoms with E-state index in [9.17, 15) is 4.79 Å². The maximum absolute atomic E-state index is 13.8. The topological polar surface area (TPSA) is 48.0 Å². The summed E-state index contributed by atoms with van der Waals surface area (Å²) in [5, 5.41) is 0. The summed E-state index contributed by atoms with van der Waals surface area (Å²) in [6, 6.07) is 24.3. The fourth-order valence-electron chi connectivity index (χ4n) is 5.31. The Balaban J connectivity index is 1.32. The number of benzene rings is 3. The molecule has 0 aromatic heterocycles. The molecule has 2 aliphatic rings. The van der Waals surface area contributed by atoms with E-state index in [1.54, 1.807) is 7.11 Å². The van der Waals surface area contributed by atoms with Crippen molar-refractivity contribution in [2.24, 2.45) is 0 Å². The van der Waals surface area contributed by atoms with Crippen LogP contribution >= 0.6 is 0 Å². The first-order valence-electron chi connectivity index (χ1n) is 13.1. The van der Waals surface area contributed by atoms with Gasteiger partial charge in [0.05, 0.1) is 19.8 Å². The number of nitrogens with zero attached hydrogens (tertiary/aromatic N) is 1. The third kappa shape index (κ3) is 5.57. The highest BCUT2D eigenvalue weighted by Gasteiger charge is 2.33. The Hall–Kier alpha value is -3.31. The van der Waals surface area contributed by atoms with Crippen LogP contribution in [0.3, 0.4) is 0 Å². The lowest BCUT2D eigenvalue weighted by Crippen LogP contribution is -2.40. The van der Waals surface area contributed by atoms with Gasteiger partial charge in [0.15, 0.2) is 17.6 Å². The zero-order valence-corrected chi connectivity index (χ0v) is 21.0. The van der Waals surface area contributed by atoms with Crippen LogP contribution in [0.1, 0.15) is 54.0 Å². The van der Waals surface area contributed by atoms with Crippen molar-refractivity contribution in [2.45, 2.75) is 57.3 Å². The van der Waals surface area contributed by atoms with Crippen molar-refractivity contribution in [2.75, 3.05) is 20.3 Å². The molecule has 5 rings (SSSR count). The summed E-state index contributed by atoms with van der Waals surface area (Å²) >= 11 is 0. The summed E-state index contributed by atoms with van der Waals surface area (Å²) in [5.41, 5.74) is 4.42. The van der Waals surface area contributed by atoms with Crippen LogP contribution in [0.15, 0.2) is 72.8 Å². The van der Waals surface area contributed by atoms with Crippen molar-refractivity contribution >= 4 is 5.91 Å². The van der Waals surface area contributed by atoms with Crippen LogP contribution in [-0.4, -0.2) is 37.2 Å². The van der Waals surface area contributed by atoms with E-state index in [-0.39, 0.29) is 12.0 Å². The third-order valence-corrected chi connectivity index (χ3v) is 7.28. The normalized spacial score (nSPS) is 16.4. The van der Waals surface area contributed by atoms with Gasteiger partial charge in [-0.1, -0.05) is 79.6 Å². The zero-order chi connectivity index (χ0) is 24.7. The molecular weight excluding hydrogens is 450 g/mol. The first kappa shape index (κ1) is 24.4. The minimum atomic E-state index is -0.560. The zero-order valence-electron chi connectivity index (χ0n) is 21.0. The molecule has 1 fully saturated rings. The van der Waals surface area contributed by atoms with Crippen LogP contribution in [0.4, 0.5) is 0 Å². The van der Waals surface area contributed by atoms with Crippen LogP contribution in [0.5, 0.6) is 11.5 Å². The summed E-state index contributed by atoms with van der Waals surface area (Å²) in [4.78, 5) is 15.7. The average molecular weight is 486 g/mol. The van der Waals surface area contributed by atoms with E-state index >= 15 is 0 Å². The maximum Gasteiger partial charge on any atom is 0.256 e.